The van der Waals surface area contributed by atoms with Gasteiger partial charge in [0.1, 0.15) is 17.3 Å². The van der Waals surface area contributed by atoms with Gasteiger partial charge in [0.2, 0.25) is 0 Å². The summed E-state index contributed by atoms with van der Waals surface area (Å²) >= 11 is 1.56. The van der Waals surface area contributed by atoms with Crippen LogP contribution in [-0.4, -0.2) is 42.6 Å². The molecular formula is C32H46N2O5SSi. The topological polar surface area (TPSA) is 89.7 Å². The molecule has 0 saturated carbocycles. The van der Waals surface area contributed by atoms with Crippen molar-refractivity contribution < 1.29 is 23.5 Å². The zero-order valence-corrected chi connectivity index (χ0v) is 28.1. The Morgan fingerprint density at radius 2 is 1.39 bits per heavy atom. The second-order valence-electron chi connectivity index (χ2n) is 13.8. The molecule has 0 saturated heterocycles. The van der Waals surface area contributed by atoms with Crippen LogP contribution in [0.5, 0.6) is 0 Å². The predicted molar refractivity (Wildman–Crippen MR) is 169 cm³/mol. The predicted octanol–water partition coefficient (Wildman–Crippen LogP) is 8.62. The number of amides is 1. The molecule has 0 aliphatic heterocycles. The lowest BCUT2D eigenvalue weighted by Crippen LogP contribution is -2.53. The molecule has 7 nitrogen and oxygen atoms in total. The van der Waals surface area contributed by atoms with Crippen molar-refractivity contribution in [2.24, 2.45) is 0 Å². The number of para-hydroxylation sites is 1. The molecule has 41 heavy (non-hydrogen) atoms. The number of esters is 1. The first-order valence-corrected chi connectivity index (χ1v) is 17.7. The van der Waals surface area contributed by atoms with Crippen LogP contribution >= 0.6 is 11.8 Å². The fourth-order valence-corrected chi connectivity index (χ4v) is 6.22. The Kier molecular flexibility index (Phi) is 9.77. The highest BCUT2D eigenvalue weighted by Crippen LogP contribution is 2.45. The van der Waals surface area contributed by atoms with Crippen molar-refractivity contribution in [1.82, 2.24) is 10.3 Å². The third-order valence-corrected chi connectivity index (χ3v) is 12.3. The summed E-state index contributed by atoms with van der Waals surface area (Å²) in [5, 5.41) is 4.43. The molecule has 9 heteroatoms. The zero-order chi connectivity index (χ0) is 30.8. The van der Waals surface area contributed by atoms with E-state index in [0.29, 0.717) is 0 Å². The lowest BCUT2D eigenvalue weighted by atomic mass is 10.0. The normalized spacial score (nSPS) is 14.4. The minimum Gasteiger partial charge on any atom is -0.458 e. The number of nitrogens with one attached hydrogen (secondary N) is 2. The molecule has 0 radical (unpaired) electrons. The van der Waals surface area contributed by atoms with E-state index in [-0.39, 0.29) is 5.04 Å². The van der Waals surface area contributed by atoms with E-state index in [1.165, 1.54) is 0 Å². The van der Waals surface area contributed by atoms with E-state index in [1.807, 2.05) is 75.4 Å². The van der Waals surface area contributed by atoms with Crippen molar-refractivity contribution in [1.29, 1.82) is 0 Å². The molecule has 0 fully saturated rings. The van der Waals surface area contributed by atoms with Crippen molar-refractivity contribution in [2.75, 3.05) is 0 Å². The monoisotopic (exact) mass is 598 g/mol. The zero-order valence-electron chi connectivity index (χ0n) is 26.3. The van der Waals surface area contributed by atoms with Gasteiger partial charge in [-0.3, -0.25) is 0 Å². The summed E-state index contributed by atoms with van der Waals surface area (Å²) < 4.78 is 18.6. The standard InChI is InChI=1S/C32H46N2O5SSi/c1-30(2,3)37-28(35)25(34-29(36)38-31(4,5)6)26(39-41(10,11)32(7,8)9)24-22-19-15-16-20-23(22)33-27(24)40-21-17-13-12-14-18-21/h12-20,25-26,33H,1-11H3,(H,34,36)/t25-,26-/m0/s1. The Balaban J connectivity index is 2.27. The molecule has 0 spiro atoms. The molecule has 2 N–H and O–H groups in total. The summed E-state index contributed by atoms with van der Waals surface area (Å²) in [6, 6.07) is 16.8. The highest BCUT2D eigenvalue weighted by Gasteiger charge is 2.46. The van der Waals surface area contributed by atoms with Gasteiger partial charge in [0.05, 0.1) is 5.03 Å². The minimum absolute atomic E-state index is 0.172. The van der Waals surface area contributed by atoms with Crippen LogP contribution in [0.4, 0.5) is 4.79 Å². The Morgan fingerprint density at radius 3 is 1.95 bits per heavy atom. The van der Waals surface area contributed by atoms with Gasteiger partial charge in [-0.15, -0.1) is 0 Å². The van der Waals surface area contributed by atoms with Gasteiger partial charge in [-0.2, -0.15) is 0 Å². The average Bonchev–Trinajstić information content (AvgIpc) is 3.16. The van der Waals surface area contributed by atoms with Gasteiger partial charge >= 0.3 is 12.1 Å². The van der Waals surface area contributed by atoms with Crippen molar-refractivity contribution in [3.8, 4) is 0 Å². The Hall–Kier alpha value is -2.75. The van der Waals surface area contributed by atoms with E-state index in [2.05, 4.69) is 44.2 Å². The number of fused-ring (bicyclic) bond motifs is 1. The van der Waals surface area contributed by atoms with Crippen LogP contribution in [0.25, 0.3) is 10.9 Å². The van der Waals surface area contributed by atoms with Crippen LogP contribution in [-0.2, 0) is 18.7 Å². The number of alkyl carbamates (subject to hydrolysis) is 1. The maximum Gasteiger partial charge on any atom is 0.408 e. The fraction of sp³-hybridized carbons (Fsp3) is 0.500. The van der Waals surface area contributed by atoms with Crippen molar-refractivity contribution in [3.63, 3.8) is 0 Å². The van der Waals surface area contributed by atoms with Gasteiger partial charge < -0.3 is 24.2 Å². The summed E-state index contributed by atoms with van der Waals surface area (Å²) in [5.74, 6) is -0.590. The number of ether oxygens (including phenoxy) is 2. The fourth-order valence-electron chi connectivity index (χ4n) is 3.95. The Labute approximate surface area is 250 Å². The highest BCUT2D eigenvalue weighted by molar-refractivity contribution is 7.99. The molecule has 1 amide bonds. The first-order valence-electron chi connectivity index (χ1n) is 14.0. The van der Waals surface area contributed by atoms with Crippen molar-refractivity contribution in [3.05, 3.63) is 60.2 Å². The van der Waals surface area contributed by atoms with Crippen LogP contribution in [0.15, 0.2) is 64.5 Å². The van der Waals surface area contributed by atoms with Gasteiger partial charge in [0.25, 0.3) is 0 Å². The third kappa shape index (κ3) is 8.87. The summed E-state index contributed by atoms with van der Waals surface area (Å²) in [5.41, 5.74) is 0.165. The first kappa shape index (κ1) is 32.8. The second-order valence-corrected chi connectivity index (χ2v) is 19.6. The van der Waals surface area contributed by atoms with Crippen LogP contribution in [0, 0.1) is 0 Å². The van der Waals surface area contributed by atoms with E-state index < -0.39 is 43.7 Å². The summed E-state index contributed by atoms with van der Waals surface area (Å²) in [6.45, 7) is 21.5. The molecule has 0 aliphatic rings. The van der Waals surface area contributed by atoms with Crippen LogP contribution in [0.2, 0.25) is 18.1 Å². The number of hydrogen-bond acceptors (Lipinski definition) is 6. The lowest BCUT2D eigenvalue weighted by Gasteiger charge is -2.41. The van der Waals surface area contributed by atoms with Crippen molar-refractivity contribution >= 4 is 43.0 Å². The molecule has 1 aromatic heterocycles. The summed E-state index contributed by atoms with van der Waals surface area (Å²) in [6.07, 6.45) is -1.57. The molecule has 2 atom stereocenters. The molecule has 0 aliphatic carbocycles. The second kappa shape index (κ2) is 12.2. The van der Waals surface area contributed by atoms with Crippen molar-refractivity contribution in [2.45, 2.75) is 114 Å². The third-order valence-electron chi connectivity index (χ3n) is 6.82. The summed E-state index contributed by atoms with van der Waals surface area (Å²) in [7, 11) is -2.51. The number of aromatic amines is 1. The molecule has 3 aromatic rings. The number of H-pyrrole nitrogens is 1. The van der Waals surface area contributed by atoms with E-state index in [9.17, 15) is 9.59 Å². The van der Waals surface area contributed by atoms with Crippen LogP contribution < -0.4 is 5.32 Å². The lowest BCUT2D eigenvalue weighted by molar-refractivity contribution is -0.160. The largest absolute Gasteiger partial charge is 0.458 e. The Morgan fingerprint density at radius 1 is 0.829 bits per heavy atom. The number of carbonyl (C=O) groups excluding carboxylic acids is 2. The molecule has 0 unspecified atom stereocenters. The van der Waals surface area contributed by atoms with Gasteiger partial charge in [-0.1, -0.05) is 68.9 Å². The van der Waals surface area contributed by atoms with Gasteiger partial charge in [0, 0.05) is 21.4 Å². The van der Waals surface area contributed by atoms with E-state index in [0.717, 1.165) is 26.4 Å². The van der Waals surface area contributed by atoms with E-state index in [4.69, 9.17) is 13.9 Å². The Bertz CT molecular complexity index is 1350. The maximum absolute atomic E-state index is 14.0. The van der Waals surface area contributed by atoms with Gasteiger partial charge in [-0.25, -0.2) is 9.59 Å². The van der Waals surface area contributed by atoms with Crippen LogP contribution in [0.3, 0.4) is 0 Å². The SMILES string of the molecule is CC(C)(C)OC(=O)N[C@H](C(=O)OC(C)(C)C)[C@@H](O[Si](C)(C)C(C)(C)C)c1c(Sc2ccccc2)[nH]c2ccccc12. The molecule has 224 valence electrons. The number of rotatable bonds is 8. The molecular weight excluding hydrogens is 553 g/mol. The maximum atomic E-state index is 14.0. The van der Waals surface area contributed by atoms with E-state index in [1.54, 1.807) is 32.5 Å². The number of carbonyl (C=O) groups is 2. The average molecular weight is 599 g/mol. The smallest absolute Gasteiger partial charge is 0.408 e. The van der Waals surface area contributed by atoms with E-state index >= 15 is 0 Å². The molecule has 2 aromatic carbocycles. The molecule has 3 rings (SSSR count). The number of aromatic nitrogens is 1. The van der Waals surface area contributed by atoms with Gasteiger partial charge in [-0.05, 0) is 77.9 Å². The highest BCUT2D eigenvalue weighted by atomic mass is 32.2. The first-order chi connectivity index (χ1) is 18.8. The number of benzene rings is 2. The van der Waals surface area contributed by atoms with Crippen LogP contribution in [0.1, 0.15) is 74.0 Å². The minimum atomic E-state index is -2.51. The molecule has 1 heterocycles. The van der Waals surface area contributed by atoms with Gasteiger partial charge in [0.15, 0.2) is 14.4 Å². The number of hydrogen-bond donors (Lipinski definition) is 2. The quantitative estimate of drug-likeness (QED) is 0.199. The summed E-state index contributed by atoms with van der Waals surface area (Å²) in [4.78, 5) is 31.8. The molecule has 0 bridgehead atoms.